The molecule has 1 aromatic rings. The molecule has 1 amide bonds. The molecule has 1 aliphatic carbocycles. The summed E-state index contributed by atoms with van der Waals surface area (Å²) in [5.74, 6) is 1.02. The molecular weight excluding hydrogens is 252 g/mol. The molecule has 5 nitrogen and oxygen atoms in total. The van der Waals surface area contributed by atoms with E-state index in [-0.39, 0.29) is 11.9 Å². The number of nitrogens with zero attached hydrogens (tertiary/aromatic N) is 1. The molecule has 1 saturated carbocycles. The number of hydrogen-bond acceptors (Lipinski definition) is 3. The number of carbonyl (C=O) groups excluding carboxylic acids is 1. The van der Waals surface area contributed by atoms with E-state index in [1.54, 1.807) is 0 Å². The summed E-state index contributed by atoms with van der Waals surface area (Å²) < 4.78 is 0. The van der Waals surface area contributed by atoms with Gasteiger partial charge in [0.25, 0.3) is 5.91 Å². The Balaban J connectivity index is 1.84. The lowest BCUT2D eigenvalue weighted by molar-refractivity contribution is 0.0933. The van der Waals surface area contributed by atoms with E-state index in [1.807, 2.05) is 6.92 Å². The second-order valence-corrected chi connectivity index (χ2v) is 6.37. The standard InChI is InChI=1S/C15H26N4O/c1-9(2)5-4-6-10(3)17-15(20)14-12(16)13(18-19-14)11-7-8-11/h9-11H,4-8,16H2,1-3H3,(H,17,20)(H,18,19). The summed E-state index contributed by atoms with van der Waals surface area (Å²) in [5, 5.41) is 9.97. The maximum absolute atomic E-state index is 12.2. The normalized spacial score (nSPS) is 16.4. The maximum atomic E-state index is 12.2. The number of nitrogen functional groups attached to an aromatic ring is 1. The molecule has 0 saturated heterocycles. The van der Waals surface area contributed by atoms with Crippen LogP contribution in [0.2, 0.25) is 0 Å². The molecule has 1 unspecified atom stereocenters. The summed E-state index contributed by atoms with van der Waals surface area (Å²) >= 11 is 0. The number of amides is 1. The van der Waals surface area contributed by atoms with Crippen LogP contribution in [0.3, 0.4) is 0 Å². The molecule has 112 valence electrons. The lowest BCUT2D eigenvalue weighted by Gasteiger charge is -2.13. The molecule has 0 bridgehead atoms. The molecule has 5 heteroatoms. The fourth-order valence-corrected chi connectivity index (χ4v) is 2.42. The first-order chi connectivity index (χ1) is 9.49. The minimum atomic E-state index is -0.164. The Bertz CT molecular complexity index is 462. The van der Waals surface area contributed by atoms with Gasteiger partial charge in [-0.1, -0.05) is 26.7 Å². The minimum absolute atomic E-state index is 0.154. The Morgan fingerprint density at radius 3 is 2.70 bits per heavy atom. The summed E-state index contributed by atoms with van der Waals surface area (Å²) in [6.45, 7) is 6.46. The zero-order chi connectivity index (χ0) is 14.7. The number of H-pyrrole nitrogens is 1. The van der Waals surface area contributed by atoms with Crippen molar-refractivity contribution in [1.29, 1.82) is 0 Å². The van der Waals surface area contributed by atoms with Crippen molar-refractivity contribution in [3.05, 3.63) is 11.4 Å². The highest BCUT2D eigenvalue weighted by Crippen LogP contribution is 2.42. The van der Waals surface area contributed by atoms with Crippen LogP contribution in [-0.2, 0) is 0 Å². The minimum Gasteiger partial charge on any atom is -0.395 e. The molecule has 0 aliphatic heterocycles. The first-order valence-electron chi connectivity index (χ1n) is 7.63. The molecule has 0 spiro atoms. The number of hydrogen-bond donors (Lipinski definition) is 3. The van der Waals surface area contributed by atoms with Crippen molar-refractivity contribution in [1.82, 2.24) is 15.5 Å². The number of rotatable bonds is 7. The van der Waals surface area contributed by atoms with Crippen molar-refractivity contribution < 1.29 is 4.79 Å². The molecule has 2 rings (SSSR count). The van der Waals surface area contributed by atoms with Crippen LogP contribution in [0.1, 0.15) is 75.0 Å². The second kappa shape index (κ2) is 6.29. The molecule has 1 fully saturated rings. The van der Waals surface area contributed by atoms with Gasteiger partial charge in [-0.25, -0.2) is 0 Å². The molecule has 1 aliphatic rings. The lowest BCUT2D eigenvalue weighted by Crippen LogP contribution is -2.33. The van der Waals surface area contributed by atoms with Crippen molar-refractivity contribution in [2.75, 3.05) is 5.73 Å². The number of aromatic nitrogens is 2. The first kappa shape index (κ1) is 14.9. The molecule has 1 heterocycles. The Morgan fingerprint density at radius 1 is 1.40 bits per heavy atom. The molecular formula is C15H26N4O. The van der Waals surface area contributed by atoms with Crippen molar-refractivity contribution in [3.8, 4) is 0 Å². The van der Waals surface area contributed by atoms with Crippen LogP contribution in [0, 0.1) is 5.92 Å². The Morgan fingerprint density at radius 2 is 2.10 bits per heavy atom. The first-order valence-corrected chi connectivity index (χ1v) is 7.63. The van der Waals surface area contributed by atoms with Crippen molar-refractivity contribution in [2.24, 2.45) is 5.92 Å². The molecule has 1 aromatic heterocycles. The highest BCUT2D eigenvalue weighted by molar-refractivity contribution is 5.97. The summed E-state index contributed by atoms with van der Waals surface area (Å²) in [5.41, 5.74) is 7.82. The van der Waals surface area contributed by atoms with Crippen LogP contribution >= 0.6 is 0 Å². The molecule has 0 aromatic carbocycles. The maximum Gasteiger partial charge on any atom is 0.274 e. The summed E-state index contributed by atoms with van der Waals surface area (Å²) in [7, 11) is 0. The highest BCUT2D eigenvalue weighted by Gasteiger charge is 2.30. The summed E-state index contributed by atoms with van der Waals surface area (Å²) in [6, 6.07) is 0.154. The van der Waals surface area contributed by atoms with Crippen LogP contribution in [0.4, 0.5) is 5.69 Å². The Labute approximate surface area is 120 Å². The Hall–Kier alpha value is -1.52. The van der Waals surface area contributed by atoms with E-state index < -0.39 is 0 Å². The van der Waals surface area contributed by atoms with E-state index in [1.165, 1.54) is 6.42 Å². The topological polar surface area (TPSA) is 83.8 Å². The average Bonchev–Trinajstić information content (AvgIpc) is 3.12. The van der Waals surface area contributed by atoms with Gasteiger partial charge < -0.3 is 11.1 Å². The fourth-order valence-electron chi connectivity index (χ4n) is 2.42. The third-order valence-electron chi connectivity index (χ3n) is 3.83. The lowest BCUT2D eigenvalue weighted by atomic mass is 10.0. The van der Waals surface area contributed by atoms with Crippen molar-refractivity contribution in [2.45, 2.75) is 64.8 Å². The van der Waals surface area contributed by atoms with Gasteiger partial charge in [-0.15, -0.1) is 0 Å². The summed E-state index contributed by atoms with van der Waals surface area (Å²) in [4.78, 5) is 12.2. The fraction of sp³-hybridized carbons (Fsp3) is 0.733. The summed E-state index contributed by atoms with van der Waals surface area (Å²) in [6.07, 6.45) is 5.58. The third-order valence-corrected chi connectivity index (χ3v) is 3.83. The predicted octanol–water partition coefficient (Wildman–Crippen LogP) is 2.81. The highest BCUT2D eigenvalue weighted by atomic mass is 16.2. The van der Waals surface area contributed by atoms with Gasteiger partial charge in [-0.3, -0.25) is 9.89 Å². The van der Waals surface area contributed by atoms with Gasteiger partial charge in [0.15, 0.2) is 5.69 Å². The average molecular weight is 278 g/mol. The van der Waals surface area contributed by atoms with E-state index in [0.717, 1.165) is 31.4 Å². The van der Waals surface area contributed by atoms with Crippen molar-refractivity contribution in [3.63, 3.8) is 0 Å². The van der Waals surface area contributed by atoms with Crippen molar-refractivity contribution >= 4 is 11.6 Å². The van der Waals surface area contributed by atoms with Crippen LogP contribution in [0.5, 0.6) is 0 Å². The molecule has 20 heavy (non-hydrogen) atoms. The van der Waals surface area contributed by atoms with Gasteiger partial charge in [0.2, 0.25) is 0 Å². The van der Waals surface area contributed by atoms with Gasteiger partial charge >= 0.3 is 0 Å². The van der Waals surface area contributed by atoms with E-state index in [2.05, 4.69) is 29.4 Å². The van der Waals surface area contributed by atoms with E-state index in [9.17, 15) is 4.79 Å². The van der Waals surface area contributed by atoms with Gasteiger partial charge in [0, 0.05) is 12.0 Å². The van der Waals surface area contributed by atoms with E-state index >= 15 is 0 Å². The number of nitrogens with one attached hydrogen (secondary N) is 2. The van der Waals surface area contributed by atoms with E-state index in [4.69, 9.17) is 5.73 Å². The van der Waals surface area contributed by atoms with Crippen LogP contribution in [0.25, 0.3) is 0 Å². The van der Waals surface area contributed by atoms with Gasteiger partial charge in [-0.2, -0.15) is 5.10 Å². The largest absolute Gasteiger partial charge is 0.395 e. The Kier molecular flexibility index (Phi) is 4.68. The van der Waals surface area contributed by atoms with Crippen LogP contribution < -0.4 is 11.1 Å². The number of carbonyl (C=O) groups is 1. The SMILES string of the molecule is CC(C)CCCC(C)NC(=O)c1n[nH]c(C2CC2)c1N. The zero-order valence-corrected chi connectivity index (χ0v) is 12.7. The number of nitrogens with two attached hydrogens (primary N) is 1. The van der Waals surface area contributed by atoms with Gasteiger partial charge in [-0.05, 0) is 32.1 Å². The quantitative estimate of drug-likeness (QED) is 0.717. The monoisotopic (exact) mass is 278 g/mol. The van der Waals surface area contributed by atoms with E-state index in [0.29, 0.717) is 23.2 Å². The van der Waals surface area contributed by atoms with Crippen LogP contribution in [0.15, 0.2) is 0 Å². The second-order valence-electron chi connectivity index (χ2n) is 6.37. The third kappa shape index (κ3) is 3.74. The zero-order valence-electron chi connectivity index (χ0n) is 12.7. The number of aromatic amines is 1. The molecule has 4 N–H and O–H groups in total. The molecule has 0 radical (unpaired) electrons. The van der Waals surface area contributed by atoms with Gasteiger partial charge in [0.1, 0.15) is 0 Å². The smallest absolute Gasteiger partial charge is 0.274 e. The van der Waals surface area contributed by atoms with Crippen LogP contribution in [-0.4, -0.2) is 22.1 Å². The van der Waals surface area contributed by atoms with Gasteiger partial charge in [0.05, 0.1) is 11.4 Å². The predicted molar refractivity (Wildman–Crippen MR) is 80.6 cm³/mol. The molecule has 1 atom stereocenters. The number of anilines is 1.